The molecule has 0 aliphatic carbocycles. The first-order chi connectivity index (χ1) is 8.13. The van der Waals surface area contributed by atoms with Crippen LogP contribution in [0, 0.1) is 0 Å². The molecule has 0 radical (unpaired) electrons. The highest BCUT2D eigenvalue weighted by Crippen LogP contribution is 2.24. The molecule has 1 atom stereocenters. The summed E-state index contributed by atoms with van der Waals surface area (Å²) in [6.07, 6.45) is 2.63. The molecule has 0 saturated heterocycles. The van der Waals surface area contributed by atoms with Crippen molar-refractivity contribution >= 4 is 10.9 Å². The monoisotopic (exact) mass is 232 g/mol. The van der Waals surface area contributed by atoms with Gasteiger partial charge in [-0.2, -0.15) is 5.10 Å². The number of hydrogen-bond donors (Lipinski definition) is 1. The normalized spacial score (nSPS) is 13.5. The molecule has 92 valence electrons. The number of rotatable bonds is 4. The molecule has 3 nitrogen and oxygen atoms in total. The molecule has 0 spiro atoms. The van der Waals surface area contributed by atoms with Crippen LogP contribution in [0.1, 0.15) is 44.7 Å². The first-order valence-corrected chi connectivity index (χ1v) is 6.21. The SMILES string of the molecule is CC(C)c1ccc2cnn(C(C)CCO)c2c1. The van der Waals surface area contributed by atoms with Gasteiger partial charge in [0.1, 0.15) is 0 Å². The van der Waals surface area contributed by atoms with E-state index in [2.05, 4.69) is 44.1 Å². The standard InChI is InChI=1S/C14H20N2O/c1-10(2)12-4-5-13-9-15-16(14(13)8-12)11(3)6-7-17/h4-5,8-11,17H,6-7H2,1-3H3. The number of fused-ring (bicyclic) bond motifs is 1. The third-order valence-electron chi connectivity index (χ3n) is 3.25. The van der Waals surface area contributed by atoms with Gasteiger partial charge < -0.3 is 5.11 Å². The molecule has 3 heteroatoms. The predicted molar refractivity (Wildman–Crippen MR) is 70.2 cm³/mol. The Kier molecular flexibility index (Phi) is 3.48. The van der Waals surface area contributed by atoms with E-state index in [1.54, 1.807) is 0 Å². The number of aliphatic hydroxyl groups is 1. The average molecular weight is 232 g/mol. The van der Waals surface area contributed by atoms with Gasteiger partial charge in [-0.3, -0.25) is 4.68 Å². The Morgan fingerprint density at radius 3 is 2.71 bits per heavy atom. The summed E-state index contributed by atoms with van der Waals surface area (Å²) in [4.78, 5) is 0. The van der Waals surface area contributed by atoms with Crippen molar-refractivity contribution in [3.05, 3.63) is 30.0 Å². The summed E-state index contributed by atoms with van der Waals surface area (Å²) >= 11 is 0. The summed E-state index contributed by atoms with van der Waals surface area (Å²) < 4.78 is 2.01. The number of hydrogen-bond acceptors (Lipinski definition) is 2. The largest absolute Gasteiger partial charge is 0.396 e. The van der Waals surface area contributed by atoms with Crippen molar-refractivity contribution in [1.29, 1.82) is 0 Å². The minimum absolute atomic E-state index is 0.201. The summed E-state index contributed by atoms with van der Waals surface area (Å²) in [7, 11) is 0. The van der Waals surface area contributed by atoms with Crippen LogP contribution in [0.25, 0.3) is 10.9 Å². The van der Waals surface area contributed by atoms with E-state index in [1.165, 1.54) is 10.9 Å². The molecule has 0 aliphatic rings. The summed E-state index contributed by atoms with van der Waals surface area (Å²) in [5.41, 5.74) is 2.49. The molecule has 2 rings (SSSR count). The van der Waals surface area contributed by atoms with Crippen LogP contribution in [0.5, 0.6) is 0 Å². The zero-order valence-electron chi connectivity index (χ0n) is 10.7. The quantitative estimate of drug-likeness (QED) is 0.879. The summed E-state index contributed by atoms with van der Waals surface area (Å²) in [6.45, 7) is 6.68. The van der Waals surface area contributed by atoms with E-state index in [4.69, 9.17) is 5.11 Å². The second-order valence-corrected chi connectivity index (χ2v) is 4.92. The molecular weight excluding hydrogens is 212 g/mol. The average Bonchev–Trinajstić information content (AvgIpc) is 2.71. The minimum atomic E-state index is 0.201. The van der Waals surface area contributed by atoms with Gasteiger partial charge in [-0.1, -0.05) is 26.0 Å². The first kappa shape index (κ1) is 12.1. The van der Waals surface area contributed by atoms with Gasteiger partial charge >= 0.3 is 0 Å². The molecule has 0 saturated carbocycles. The van der Waals surface area contributed by atoms with E-state index in [0.717, 1.165) is 11.9 Å². The predicted octanol–water partition coefficient (Wildman–Crippen LogP) is 3.10. The Bertz CT molecular complexity index is 502. The number of nitrogens with zero attached hydrogens (tertiary/aromatic N) is 2. The molecule has 1 aromatic carbocycles. The summed E-state index contributed by atoms with van der Waals surface area (Å²) in [5.74, 6) is 0.524. The molecule has 1 aromatic heterocycles. The van der Waals surface area contributed by atoms with Crippen molar-refractivity contribution in [2.45, 2.75) is 39.2 Å². The van der Waals surface area contributed by atoms with E-state index in [-0.39, 0.29) is 12.6 Å². The Hall–Kier alpha value is -1.35. The van der Waals surface area contributed by atoms with Crippen LogP contribution >= 0.6 is 0 Å². The zero-order chi connectivity index (χ0) is 12.4. The molecule has 1 N–H and O–H groups in total. The van der Waals surface area contributed by atoms with Gasteiger partial charge in [-0.25, -0.2) is 0 Å². The van der Waals surface area contributed by atoms with Crippen molar-refractivity contribution in [2.24, 2.45) is 0 Å². The Labute approximate surface area is 102 Å². The highest BCUT2D eigenvalue weighted by molar-refractivity contribution is 5.79. The summed E-state index contributed by atoms with van der Waals surface area (Å²) in [5, 5.41) is 14.6. The molecule has 2 aromatic rings. The second kappa shape index (κ2) is 4.88. The highest BCUT2D eigenvalue weighted by atomic mass is 16.3. The van der Waals surface area contributed by atoms with Gasteiger partial charge in [0.05, 0.1) is 17.8 Å². The maximum absolute atomic E-state index is 9.01. The van der Waals surface area contributed by atoms with Crippen molar-refractivity contribution in [3.8, 4) is 0 Å². The van der Waals surface area contributed by atoms with Crippen molar-refractivity contribution in [1.82, 2.24) is 9.78 Å². The number of aliphatic hydroxyl groups excluding tert-OH is 1. The van der Waals surface area contributed by atoms with E-state index < -0.39 is 0 Å². The Morgan fingerprint density at radius 2 is 2.06 bits per heavy atom. The number of benzene rings is 1. The highest BCUT2D eigenvalue weighted by Gasteiger charge is 2.10. The van der Waals surface area contributed by atoms with Crippen LogP contribution in [0.3, 0.4) is 0 Å². The summed E-state index contributed by atoms with van der Waals surface area (Å²) in [6, 6.07) is 6.73. The molecule has 1 unspecified atom stereocenters. The fourth-order valence-electron chi connectivity index (χ4n) is 2.07. The van der Waals surface area contributed by atoms with E-state index in [9.17, 15) is 0 Å². The van der Waals surface area contributed by atoms with Gasteiger partial charge in [0.15, 0.2) is 0 Å². The lowest BCUT2D eigenvalue weighted by Crippen LogP contribution is -2.08. The third kappa shape index (κ3) is 2.34. The lowest BCUT2D eigenvalue weighted by Gasteiger charge is -2.13. The first-order valence-electron chi connectivity index (χ1n) is 6.21. The fraction of sp³-hybridized carbons (Fsp3) is 0.500. The van der Waals surface area contributed by atoms with Gasteiger partial charge in [0, 0.05) is 12.0 Å². The number of aromatic nitrogens is 2. The molecule has 0 amide bonds. The zero-order valence-corrected chi connectivity index (χ0v) is 10.7. The van der Waals surface area contributed by atoms with Crippen LogP contribution in [0.2, 0.25) is 0 Å². The Balaban J connectivity index is 2.46. The molecule has 0 fully saturated rings. The minimum Gasteiger partial charge on any atom is -0.396 e. The van der Waals surface area contributed by atoms with E-state index in [1.807, 2.05) is 10.9 Å². The van der Waals surface area contributed by atoms with Gasteiger partial charge in [-0.15, -0.1) is 0 Å². The van der Waals surface area contributed by atoms with Crippen molar-refractivity contribution < 1.29 is 5.11 Å². The lowest BCUT2D eigenvalue weighted by molar-refractivity contribution is 0.259. The second-order valence-electron chi connectivity index (χ2n) is 4.92. The maximum atomic E-state index is 9.01. The maximum Gasteiger partial charge on any atom is 0.0688 e. The molecule has 17 heavy (non-hydrogen) atoms. The van der Waals surface area contributed by atoms with Crippen molar-refractivity contribution in [3.63, 3.8) is 0 Å². The molecule has 0 aliphatic heterocycles. The van der Waals surface area contributed by atoms with Gasteiger partial charge in [0.25, 0.3) is 0 Å². The molecule has 0 bridgehead atoms. The van der Waals surface area contributed by atoms with E-state index in [0.29, 0.717) is 5.92 Å². The molecular formula is C14H20N2O. The van der Waals surface area contributed by atoms with Crippen LogP contribution in [0.15, 0.2) is 24.4 Å². The van der Waals surface area contributed by atoms with Crippen LogP contribution in [-0.2, 0) is 0 Å². The van der Waals surface area contributed by atoms with Gasteiger partial charge in [-0.05, 0) is 30.9 Å². The van der Waals surface area contributed by atoms with Crippen molar-refractivity contribution in [2.75, 3.05) is 6.61 Å². The molecule has 1 heterocycles. The Morgan fingerprint density at radius 1 is 1.29 bits per heavy atom. The third-order valence-corrected chi connectivity index (χ3v) is 3.25. The lowest BCUT2D eigenvalue weighted by atomic mass is 10.0. The van der Waals surface area contributed by atoms with Crippen LogP contribution in [-0.4, -0.2) is 21.5 Å². The van der Waals surface area contributed by atoms with Crippen LogP contribution in [0.4, 0.5) is 0 Å². The smallest absolute Gasteiger partial charge is 0.0688 e. The van der Waals surface area contributed by atoms with Gasteiger partial charge in [0.2, 0.25) is 0 Å². The topological polar surface area (TPSA) is 38.0 Å². The van der Waals surface area contributed by atoms with Crippen LogP contribution < -0.4 is 0 Å². The van der Waals surface area contributed by atoms with E-state index >= 15 is 0 Å². The fourth-order valence-corrected chi connectivity index (χ4v) is 2.07.